The van der Waals surface area contributed by atoms with E-state index in [2.05, 4.69) is 38.5 Å². The van der Waals surface area contributed by atoms with Crippen LogP contribution >= 0.6 is 0 Å². The minimum absolute atomic E-state index is 0.733. The zero-order valence-corrected chi connectivity index (χ0v) is 11.1. The number of hydrogen-bond donors (Lipinski definition) is 2. The highest BCUT2D eigenvalue weighted by molar-refractivity contribution is 5.79. The molecule has 1 aliphatic carbocycles. The Morgan fingerprint density at radius 2 is 2.15 bits per heavy atom. The van der Waals surface area contributed by atoms with E-state index in [4.69, 9.17) is 0 Å². The molecule has 0 aliphatic heterocycles. The van der Waals surface area contributed by atoms with Crippen LogP contribution in [-0.2, 0) is 6.54 Å². The molecule has 0 spiro atoms. The summed E-state index contributed by atoms with van der Waals surface area (Å²) in [6.45, 7) is 0.929. The van der Waals surface area contributed by atoms with Crippen molar-refractivity contribution in [3.8, 4) is 11.5 Å². The molecule has 0 amide bonds. The van der Waals surface area contributed by atoms with Crippen LogP contribution in [0, 0.1) is 0 Å². The van der Waals surface area contributed by atoms with Crippen LogP contribution in [0.2, 0.25) is 0 Å². The molecule has 4 rings (SSSR count). The number of aromatic nitrogens is 3. The highest BCUT2D eigenvalue weighted by Gasteiger charge is 2.19. The molecule has 4 nitrogen and oxygen atoms in total. The van der Waals surface area contributed by atoms with Gasteiger partial charge in [-0.15, -0.1) is 0 Å². The molecule has 4 heteroatoms. The first-order valence-electron chi connectivity index (χ1n) is 7.02. The minimum Gasteiger partial charge on any atom is -0.337 e. The van der Waals surface area contributed by atoms with Gasteiger partial charge < -0.3 is 10.3 Å². The molecule has 2 heterocycles. The lowest BCUT2D eigenvalue weighted by atomic mass is 10.2. The molecular formula is C16H16N4. The summed E-state index contributed by atoms with van der Waals surface area (Å²) in [5, 5.41) is 3.53. The van der Waals surface area contributed by atoms with Gasteiger partial charge in [-0.25, -0.2) is 4.98 Å². The van der Waals surface area contributed by atoms with Crippen molar-refractivity contribution in [3.63, 3.8) is 0 Å². The lowest BCUT2D eigenvalue weighted by molar-refractivity contribution is 0.688. The number of hydrogen-bond acceptors (Lipinski definition) is 3. The van der Waals surface area contributed by atoms with Crippen LogP contribution in [0.1, 0.15) is 18.4 Å². The second-order valence-corrected chi connectivity index (χ2v) is 5.31. The second-order valence-electron chi connectivity index (χ2n) is 5.31. The highest BCUT2D eigenvalue weighted by Crippen LogP contribution is 2.21. The maximum atomic E-state index is 4.59. The molecule has 100 valence electrons. The molecule has 0 atom stereocenters. The van der Waals surface area contributed by atoms with Crippen molar-refractivity contribution in [3.05, 3.63) is 48.2 Å². The summed E-state index contributed by atoms with van der Waals surface area (Å²) in [5.74, 6) is 0.827. The van der Waals surface area contributed by atoms with Crippen LogP contribution < -0.4 is 5.32 Å². The summed E-state index contributed by atoms with van der Waals surface area (Å²) in [5.41, 5.74) is 4.23. The highest BCUT2D eigenvalue weighted by atomic mass is 15.0. The fourth-order valence-corrected chi connectivity index (χ4v) is 2.34. The monoisotopic (exact) mass is 264 g/mol. The Labute approximate surface area is 117 Å². The van der Waals surface area contributed by atoms with Gasteiger partial charge in [0, 0.05) is 18.8 Å². The number of nitrogens with one attached hydrogen (secondary N) is 2. The van der Waals surface area contributed by atoms with Gasteiger partial charge in [-0.3, -0.25) is 4.98 Å². The van der Waals surface area contributed by atoms with Crippen molar-refractivity contribution >= 4 is 11.0 Å². The lowest BCUT2D eigenvalue weighted by Gasteiger charge is -2.02. The number of rotatable bonds is 4. The molecule has 3 aromatic rings. The fraction of sp³-hybridized carbons (Fsp3) is 0.250. The van der Waals surface area contributed by atoms with Crippen molar-refractivity contribution in [2.45, 2.75) is 25.4 Å². The number of aromatic amines is 1. The van der Waals surface area contributed by atoms with E-state index in [9.17, 15) is 0 Å². The Morgan fingerprint density at radius 1 is 1.20 bits per heavy atom. The zero-order chi connectivity index (χ0) is 13.4. The van der Waals surface area contributed by atoms with E-state index in [1.807, 2.05) is 18.2 Å². The predicted octanol–water partition coefficient (Wildman–Crippen LogP) is 2.88. The number of H-pyrrole nitrogens is 1. The number of imidazole rings is 1. The van der Waals surface area contributed by atoms with Crippen molar-refractivity contribution in [1.82, 2.24) is 20.3 Å². The normalized spacial score (nSPS) is 14.8. The first-order chi connectivity index (χ1) is 9.88. The maximum Gasteiger partial charge on any atom is 0.157 e. The van der Waals surface area contributed by atoms with Crippen molar-refractivity contribution in [1.29, 1.82) is 0 Å². The van der Waals surface area contributed by atoms with Gasteiger partial charge in [-0.2, -0.15) is 0 Å². The number of nitrogens with zero attached hydrogens (tertiary/aromatic N) is 2. The quantitative estimate of drug-likeness (QED) is 0.762. The molecule has 1 saturated carbocycles. The topological polar surface area (TPSA) is 53.6 Å². The smallest absolute Gasteiger partial charge is 0.157 e. The minimum atomic E-state index is 0.733. The largest absolute Gasteiger partial charge is 0.337 e. The van der Waals surface area contributed by atoms with E-state index in [1.54, 1.807) is 6.20 Å². The van der Waals surface area contributed by atoms with Gasteiger partial charge in [0.2, 0.25) is 0 Å². The van der Waals surface area contributed by atoms with Gasteiger partial charge in [0.25, 0.3) is 0 Å². The third-order valence-electron chi connectivity index (χ3n) is 3.63. The van der Waals surface area contributed by atoms with E-state index in [0.29, 0.717) is 0 Å². The van der Waals surface area contributed by atoms with E-state index in [-0.39, 0.29) is 0 Å². The third kappa shape index (κ3) is 2.30. The van der Waals surface area contributed by atoms with E-state index < -0.39 is 0 Å². The van der Waals surface area contributed by atoms with Gasteiger partial charge in [0.05, 0.1) is 11.0 Å². The maximum absolute atomic E-state index is 4.59. The Kier molecular flexibility index (Phi) is 2.74. The van der Waals surface area contributed by atoms with E-state index >= 15 is 0 Å². The predicted molar refractivity (Wildman–Crippen MR) is 79.2 cm³/mol. The third-order valence-corrected chi connectivity index (χ3v) is 3.63. The molecule has 0 unspecified atom stereocenters. The Morgan fingerprint density at radius 3 is 2.95 bits per heavy atom. The summed E-state index contributed by atoms with van der Waals surface area (Å²) >= 11 is 0. The first-order valence-corrected chi connectivity index (χ1v) is 7.02. The zero-order valence-electron chi connectivity index (χ0n) is 11.1. The summed E-state index contributed by atoms with van der Waals surface area (Å²) < 4.78 is 0. The van der Waals surface area contributed by atoms with Crippen molar-refractivity contribution in [2.75, 3.05) is 0 Å². The van der Waals surface area contributed by atoms with Gasteiger partial charge in [-0.05, 0) is 42.7 Å². The van der Waals surface area contributed by atoms with Crippen LogP contribution in [0.3, 0.4) is 0 Å². The first kappa shape index (κ1) is 11.6. The van der Waals surface area contributed by atoms with Crippen molar-refractivity contribution < 1.29 is 0 Å². The molecule has 2 N–H and O–H groups in total. The van der Waals surface area contributed by atoms with Gasteiger partial charge in [0.1, 0.15) is 5.69 Å². The summed E-state index contributed by atoms with van der Waals surface area (Å²) in [4.78, 5) is 12.3. The van der Waals surface area contributed by atoms with E-state index in [0.717, 1.165) is 35.1 Å². The molecular weight excluding hydrogens is 248 g/mol. The molecule has 1 aliphatic rings. The molecule has 1 aromatic carbocycles. The Bertz CT molecular complexity index is 729. The lowest BCUT2D eigenvalue weighted by Crippen LogP contribution is -2.15. The molecule has 2 aromatic heterocycles. The number of benzene rings is 1. The number of fused-ring (bicyclic) bond motifs is 1. The van der Waals surface area contributed by atoms with Gasteiger partial charge >= 0.3 is 0 Å². The van der Waals surface area contributed by atoms with Crippen LogP contribution in [0.15, 0.2) is 42.6 Å². The van der Waals surface area contributed by atoms with Crippen LogP contribution in [0.4, 0.5) is 0 Å². The molecule has 20 heavy (non-hydrogen) atoms. The summed E-state index contributed by atoms with van der Waals surface area (Å²) in [6.07, 6.45) is 4.42. The van der Waals surface area contributed by atoms with E-state index in [1.165, 1.54) is 18.4 Å². The average Bonchev–Trinajstić information content (AvgIpc) is 3.23. The Hall–Kier alpha value is -2.20. The van der Waals surface area contributed by atoms with Crippen molar-refractivity contribution in [2.24, 2.45) is 0 Å². The second kappa shape index (κ2) is 4.72. The molecule has 0 bridgehead atoms. The summed E-state index contributed by atoms with van der Waals surface area (Å²) in [6, 6.07) is 13.0. The summed E-state index contributed by atoms with van der Waals surface area (Å²) in [7, 11) is 0. The van der Waals surface area contributed by atoms with Crippen LogP contribution in [0.5, 0.6) is 0 Å². The number of pyridine rings is 1. The molecule has 1 fully saturated rings. The SMILES string of the molecule is c1ccc(-c2nc3ccc(CNC4CC4)cc3[nH]2)nc1. The fourth-order valence-electron chi connectivity index (χ4n) is 2.34. The van der Waals surface area contributed by atoms with Crippen LogP contribution in [-0.4, -0.2) is 21.0 Å². The van der Waals surface area contributed by atoms with Gasteiger partial charge in [-0.1, -0.05) is 12.1 Å². The molecule has 0 radical (unpaired) electrons. The average molecular weight is 264 g/mol. The Balaban J connectivity index is 1.64. The van der Waals surface area contributed by atoms with Gasteiger partial charge in [0.15, 0.2) is 5.82 Å². The van der Waals surface area contributed by atoms with Crippen LogP contribution in [0.25, 0.3) is 22.6 Å². The standard InChI is InChI=1S/C16H16N4/c1-2-8-17-14(3-1)16-19-13-7-4-11(9-15(13)20-16)10-18-12-5-6-12/h1-4,7-9,12,18H,5-6,10H2,(H,19,20). The molecule has 0 saturated heterocycles.